The zero-order chi connectivity index (χ0) is 77.8. The van der Waals surface area contributed by atoms with E-state index < -0.39 is 23.1 Å². The number of nitrogens with one attached hydrogen (secondary N) is 8. The molecule has 0 bridgehead atoms. The molecular weight excluding hydrogens is 1450 g/mol. The van der Waals surface area contributed by atoms with Crippen LogP contribution in [0.15, 0.2) is 195 Å². The molecule has 0 unspecified atom stereocenters. The van der Waals surface area contributed by atoms with Crippen LogP contribution in [0.25, 0.3) is 87.2 Å². The summed E-state index contributed by atoms with van der Waals surface area (Å²) in [4.78, 5) is 61.3. The van der Waals surface area contributed by atoms with Crippen molar-refractivity contribution < 1.29 is 36.3 Å². The van der Waals surface area contributed by atoms with Gasteiger partial charge in [-0.2, -0.15) is 29.2 Å². The van der Waals surface area contributed by atoms with Gasteiger partial charge in [0.1, 0.15) is 57.6 Å². The third-order valence-corrected chi connectivity index (χ3v) is 20.4. The molecule has 0 saturated carbocycles. The van der Waals surface area contributed by atoms with E-state index in [1.807, 2.05) is 109 Å². The fraction of sp³-hybridized carbons (Fsp3) is 0.241. The summed E-state index contributed by atoms with van der Waals surface area (Å²) in [5.74, 6) is 0.256. The number of alkyl halides is 4. The number of hydrogen-bond acceptors (Lipinski definition) is 19. The molecule has 11 aromatic heterocycles. The van der Waals surface area contributed by atoms with E-state index in [0.29, 0.717) is 120 Å². The second-order valence-corrected chi connectivity index (χ2v) is 28.5. The van der Waals surface area contributed by atoms with Crippen molar-refractivity contribution in [2.24, 2.45) is 0 Å². The van der Waals surface area contributed by atoms with Crippen molar-refractivity contribution in [1.82, 2.24) is 85.5 Å². The SMILES string of the molecule is CC1(F)CCN(C(=O)c2cccc3cc(Nc4[nH]nc5ncc(F)cc45)ccc23)CC1.CC1(F)CCN(C(=O)c2nccc3cc(Nc4[nH]nc5ncccc45)ccc23)CC1.CCCC(F)(F)c1nccc2cc(Nc3[nH]nc4ncccc34)ccc12.c1cnc2n[nH]c(Nc3ccc4c(N5CCOCC5)nccc4c3)c2c1. The van der Waals surface area contributed by atoms with Gasteiger partial charge in [0.2, 0.25) is 0 Å². The number of nitrogens with zero attached hydrogens (tertiary/aromatic N) is 14. The number of morpholine rings is 1. The van der Waals surface area contributed by atoms with Gasteiger partial charge in [0.25, 0.3) is 17.7 Å². The molecular formula is C83H77F5N22O3. The van der Waals surface area contributed by atoms with E-state index in [9.17, 15) is 31.5 Å². The average Bonchev–Trinajstić information content (AvgIpc) is 1.60. The van der Waals surface area contributed by atoms with Gasteiger partial charge in [0.15, 0.2) is 22.6 Å². The molecule has 572 valence electrons. The summed E-state index contributed by atoms with van der Waals surface area (Å²) in [5.41, 5.74) is 4.19. The van der Waals surface area contributed by atoms with Gasteiger partial charge in [-0.3, -0.25) is 40.0 Å². The Morgan fingerprint density at radius 1 is 0.451 bits per heavy atom. The summed E-state index contributed by atoms with van der Waals surface area (Å²) < 4.78 is 76.0. The van der Waals surface area contributed by atoms with Gasteiger partial charge in [-0.15, -0.1) is 0 Å². The quantitative estimate of drug-likeness (QED) is 0.0469. The van der Waals surface area contributed by atoms with E-state index in [1.165, 1.54) is 12.3 Å². The lowest BCUT2D eigenvalue weighted by molar-refractivity contribution is -0.0167. The maximum absolute atomic E-state index is 14.4. The van der Waals surface area contributed by atoms with Gasteiger partial charge in [-0.1, -0.05) is 37.6 Å². The molecule has 0 aliphatic carbocycles. The molecule has 2 amide bonds. The van der Waals surface area contributed by atoms with E-state index in [2.05, 4.69) is 120 Å². The number of aromatic amines is 4. The molecule has 25 nitrogen and oxygen atoms in total. The first-order chi connectivity index (χ1) is 54.9. The Balaban J connectivity index is 0.000000114. The summed E-state index contributed by atoms with van der Waals surface area (Å²) in [7, 11) is 0. The lowest BCUT2D eigenvalue weighted by Crippen LogP contribution is -2.43. The number of anilines is 9. The predicted molar refractivity (Wildman–Crippen MR) is 429 cm³/mol. The molecule has 5 aromatic carbocycles. The highest BCUT2D eigenvalue weighted by molar-refractivity contribution is 6.09. The molecule has 14 heterocycles. The number of rotatable bonds is 14. The van der Waals surface area contributed by atoms with Gasteiger partial charge < -0.3 is 40.7 Å². The molecule has 19 rings (SSSR count). The number of amides is 2. The molecule has 0 spiro atoms. The van der Waals surface area contributed by atoms with Crippen LogP contribution in [-0.2, 0) is 10.7 Å². The molecule has 3 aliphatic rings. The number of benzene rings is 5. The van der Waals surface area contributed by atoms with Crippen molar-refractivity contribution >= 4 is 151 Å². The summed E-state index contributed by atoms with van der Waals surface area (Å²) in [5, 5.41) is 51.6. The van der Waals surface area contributed by atoms with E-state index in [4.69, 9.17) is 4.74 Å². The summed E-state index contributed by atoms with van der Waals surface area (Å²) in [6.07, 6.45) is 12.8. The fourth-order valence-corrected chi connectivity index (χ4v) is 14.3. The van der Waals surface area contributed by atoms with Gasteiger partial charge in [-0.25, -0.2) is 38.1 Å². The summed E-state index contributed by atoms with van der Waals surface area (Å²) in [6.45, 7) is 9.82. The summed E-state index contributed by atoms with van der Waals surface area (Å²) in [6, 6.07) is 47.0. The lowest BCUT2D eigenvalue weighted by atomic mass is 9.94. The monoisotopic (exact) mass is 1520 g/mol. The van der Waals surface area contributed by atoms with Crippen LogP contribution >= 0.6 is 0 Å². The maximum atomic E-state index is 14.4. The minimum atomic E-state index is -2.94. The maximum Gasteiger partial charge on any atom is 0.290 e. The van der Waals surface area contributed by atoms with Crippen LogP contribution in [0.5, 0.6) is 0 Å². The zero-order valence-corrected chi connectivity index (χ0v) is 61.8. The second kappa shape index (κ2) is 31.5. The Labute approximate surface area is 642 Å². The number of carbonyl (C=O) groups is 2. The van der Waals surface area contributed by atoms with Crippen molar-refractivity contribution in [2.45, 2.75) is 76.6 Å². The number of H-pyrrole nitrogens is 4. The van der Waals surface area contributed by atoms with Crippen LogP contribution in [-0.4, -0.2) is 161 Å². The molecule has 3 fully saturated rings. The van der Waals surface area contributed by atoms with Gasteiger partial charge in [0.05, 0.1) is 41.0 Å². The second-order valence-electron chi connectivity index (χ2n) is 28.5. The molecule has 3 aliphatic heterocycles. The van der Waals surface area contributed by atoms with Crippen molar-refractivity contribution in [3.05, 3.63) is 218 Å². The van der Waals surface area contributed by atoms with Crippen molar-refractivity contribution in [1.29, 1.82) is 0 Å². The molecule has 30 heteroatoms. The minimum Gasteiger partial charge on any atom is -0.378 e. The van der Waals surface area contributed by atoms with Crippen LogP contribution in [0, 0.1) is 5.82 Å². The highest BCUT2D eigenvalue weighted by atomic mass is 19.3. The number of aromatic nitrogens is 15. The Hall–Kier alpha value is -13.4. The Bertz CT molecular complexity index is 6160. The number of likely N-dealkylation sites (tertiary alicyclic amines) is 2. The van der Waals surface area contributed by atoms with Crippen LogP contribution in [0.4, 0.5) is 73.8 Å². The van der Waals surface area contributed by atoms with Crippen LogP contribution in [0.2, 0.25) is 0 Å². The Kier molecular flexibility index (Phi) is 20.6. The number of pyridine rings is 7. The highest BCUT2D eigenvalue weighted by Crippen LogP contribution is 2.39. The highest BCUT2D eigenvalue weighted by Gasteiger charge is 2.36. The number of carbonyl (C=O) groups excluding carboxylic acids is 2. The Morgan fingerprint density at radius 2 is 0.885 bits per heavy atom. The first-order valence-corrected chi connectivity index (χ1v) is 37.2. The summed E-state index contributed by atoms with van der Waals surface area (Å²) >= 11 is 0. The van der Waals surface area contributed by atoms with Crippen molar-refractivity contribution in [3.63, 3.8) is 0 Å². The number of ether oxygens (including phenoxy) is 1. The van der Waals surface area contributed by atoms with E-state index >= 15 is 0 Å². The van der Waals surface area contributed by atoms with Crippen molar-refractivity contribution in [3.8, 4) is 0 Å². The molecule has 8 N–H and O–H groups in total. The largest absolute Gasteiger partial charge is 0.378 e. The topological polar surface area (TPSA) is 306 Å². The standard InChI is InChI=1S/C23H21F2N5O.C22H21FN6O.C19H17F2N5.C19H18N6O/c1-23(25)7-9-30(10-8-23)22(31)18-4-2-3-14-11-16(5-6-17(14)18)27-21-19-12-15(24)13-26-20(19)28-29-21;1-22(23)7-11-29(12-8-22)21(30)18-16-5-4-15(13-14(16)6-10-24-18)26-20-17-3-2-9-25-19(17)27-28-20;1-2-8-19(20,21)16-14-6-5-13(11-12(14)7-10-22-16)24-18-15-4-3-9-23-17(15)25-26-18;1-2-16-17(20-6-1)23-24-18(16)22-14-3-4-15-13(12-14)5-7-21-19(15)25-8-10-26-11-9-25/h2-6,11-13H,7-10H2,1H3,(H2,26,27,28,29);2-6,9-10,13H,7-8,11-12H2,1H3,(H2,25,26,27,28);3-7,9-11H,2,8H2,1H3,(H2,23,24,25,26);1-7,12H,8-11H2,(H2,20,22,23,24). The average molecular weight is 1530 g/mol. The fourth-order valence-electron chi connectivity index (χ4n) is 14.3. The van der Waals surface area contributed by atoms with E-state index in [1.54, 1.807) is 79.6 Å². The number of halogens is 5. The van der Waals surface area contributed by atoms with E-state index in [0.717, 1.165) is 121 Å². The molecule has 113 heavy (non-hydrogen) atoms. The van der Waals surface area contributed by atoms with Gasteiger partial charge in [-0.05, 0) is 194 Å². The Morgan fingerprint density at radius 3 is 1.41 bits per heavy atom. The predicted octanol–water partition coefficient (Wildman–Crippen LogP) is 17.4. The normalized spacial score (nSPS) is 14.8. The van der Waals surface area contributed by atoms with Gasteiger partial charge >= 0.3 is 0 Å². The van der Waals surface area contributed by atoms with Crippen LogP contribution < -0.4 is 26.2 Å². The van der Waals surface area contributed by atoms with Gasteiger partial charge in [0, 0.05) is 127 Å². The third-order valence-electron chi connectivity index (χ3n) is 20.4. The first-order valence-electron chi connectivity index (χ1n) is 37.2. The number of fused-ring (bicyclic) bond motifs is 8. The van der Waals surface area contributed by atoms with Crippen LogP contribution in [0.1, 0.15) is 85.8 Å². The molecule has 0 atom stereocenters. The van der Waals surface area contributed by atoms with E-state index in [-0.39, 0.29) is 23.9 Å². The lowest BCUT2D eigenvalue weighted by Gasteiger charge is -2.34. The smallest absolute Gasteiger partial charge is 0.290 e. The van der Waals surface area contributed by atoms with Crippen molar-refractivity contribution in [2.75, 3.05) is 78.6 Å². The number of hydrogen-bond donors (Lipinski definition) is 8. The zero-order valence-electron chi connectivity index (χ0n) is 61.8. The minimum absolute atomic E-state index is 0.0806. The van der Waals surface area contributed by atoms with Crippen LogP contribution in [0.3, 0.4) is 0 Å². The first kappa shape index (κ1) is 73.7. The molecule has 0 radical (unpaired) electrons. The third kappa shape index (κ3) is 16.2. The number of piperidine rings is 2. The molecule has 16 aromatic rings. The molecule has 3 saturated heterocycles.